The van der Waals surface area contributed by atoms with Crippen LogP contribution in [0.5, 0.6) is 0 Å². The number of rotatable bonds is 3. The van der Waals surface area contributed by atoms with Crippen molar-refractivity contribution in [2.45, 2.75) is 46.5 Å². The van der Waals surface area contributed by atoms with Gasteiger partial charge in [0.1, 0.15) is 0 Å². The highest BCUT2D eigenvalue weighted by atomic mass is 35.5. The zero-order valence-electron chi connectivity index (χ0n) is 11.6. The van der Waals surface area contributed by atoms with Crippen molar-refractivity contribution in [2.75, 3.05) is 5.88 Å². The highest BCUT2D eigenvalue weighted by molar-refractivity contribution is 6.17. The molecule has 0 amide bonds. The third-order valence-corrected chi connectivity index (χ3v) is 3.31. The third-order valence-electron chi connectivity index (χ3n) is 3.09. The van der Waals surface area contributed by atoms with E-state index in [2.05, 4.69) is 58.9 Å². The molecular formula is C16H23Cl. The Hall–Kier alpha value is -0.750. The zero-order chi connectivity index (χ0) is 13.1. The van der Waals surface area contributed by atoms with Crippen molar-refractivity contribution in [3.8, 4) is 0 Å². The van der Waals surface area contributed by atoms with Crippen LogP contribution < -0.4 is 0 Å². The Kier molecular flexibility index (Phi) is 4.82. The van der Waals surface area contributed by atoms with Crippen LogP contribution in [0.2, 0.25) is 0 Å². The van der Waals surface area contributed by atoms with Crippen molar-refractivity contribution in [1.82, 2.24) is 0 Å². The summed E-state index contributed by atoms with van der Waals surface area (Å²) < 4.78 is 0. The molecule has 0 N–H and O–H groups in total. The summed E-state index contributed by atoms with van der Waals surface area (Å²) in [6.45, 7) is 11.1. The van der Waals surface area contributed by atoms with Crippen LogP contribution >= 0.6 is 11.6 Å². The van der Waals surface area contributed by atoms with Gasteiger partial charge in [0.15, 0.2) is 0 Å². The van der Waals surface area contributed by atoms with E-state index in [4.69, 9.17) is 11.6 Å². The quantitative estimate of drug-likeness (QED) is 0.637. The molecule has 17 heavy (non-hydrogen) atoms. The van der Waals surface area contributed by atoms with Crippen LogP contribution in [0.3, 0.4) is 0 Å². The second-order valence-corrected chi connectivity index (χ2v) is 6.02. The summed E-state index contributed by atoms with van der Waals surface area (Å²) in [5.74, 6) is 0.690. The van der Waals surface area contributed by atoms with Gasteiger partial charge in [-0.3, -0.25) is 0 Å². The summed E-state index contributed by atoms with van der Waals surface area (Å²) in [4.78, 5) is 0. The Bertz CT molecular complexity index is 408. The van der Waals surface area contributed by atoms with E-state index in [1.807, 2.05) is 0 Å². The predicted molar refractivity (Wildman–Crippen MR) is 78.9 cm³/mol. The van der Waals surface area contributed by atoms with Gasteiger partial charge in [0.25, 0.3) is 0 Å². The molecule has 0 atom stereocenters. The van der Waals surface area contributed by atoms with Crippen molar-refractivity contribution in [1.29, 1.82) is 0 Å². The lowest BCUT2D eigenvalue weighted by atomic mass is 9.84. The van der Waals surface area contributed by atoms with Crippen molar-refractivity contribution in [2.24, 2.45) is 0 Å². The maximum atomic E-state index is 5.73. The van der Waals surface area contributed by atoms with Gasteiger partial charge in [0.05, 0.1) is 0 Å². The van der Waals surface area contributed by atoms with Crippen LogP contribution in [0.1, 0.15) is 50.8 Å². The third kappa shape index (κ3) is 3.89. The molecule has 0 radical (unpaired) electrons. The number of hydrogen-bond donors (Lipinski definition) is 0. The first-order chi connectivity index (χ1) is 7.86. The number of aryl methyl sites for hydroxylation is 1. The van der Waals surface area contributed by atoms with Crippen molar-refractivity contribution in [3.63, 3.8) is 0 Å². The summed E-state index contributed by atoms with van der Waals surface area (Å²) in [6.07, 6.45) is 3.16. The predicted octanol–water partition coefficient (Wildman–Crippen LogP) is 5.32. The maximum Gasteiger partial charge on any atom is 0.0258 e. The van der Waals surface area contributed by atoms with Gasteiger partial charge in [-0.1, -0.05) is 45.0 Å². The maximum absolute atomic E-state index is 5.73. The van der Waals surface area contributed by atoms with E-state index in [0.29, 0.717) is 5.88 Å². The molecular weight excluding hydrogens is 228 g/mol. The molecule has 0 nitrogen and oxygen atoms in total. The second-order valence-electron chi connectivity index (χ2n) is 5.64. The molecule has 0 aliphatic heterocycles. The fourth-order valence-corrected chi connectivity index (χ4v) is 2.00. The van der Waals surface area contributed by atoms with Gasteiger partial charge in [0, 0.05) is 5.88 Å². The number of benzene rings is 1. The van der Waals surface area contributed by atoms with Crippen LogP contribution in [0, 0.1) is 6.92 Å². The minimum absolute atomic E-state index is 0.204. The summed E-state index contributed by atoms with van der Waals surface area (Å²) in [7, 11) is 0. The lowest BCUT2D eigenvalue weighted by Gasteiger charge is -2.21. The molecule has 0 saturated heterocycles. The van der Waals surface area contributed by atoms with E-state index in [-0.39, 0.29) is 5.41 Å². The molecule has 0 bridgehead atoms. The molecule has 0 aliphatic rings. The molecule has 0 aromatic heterocycles. The molecule has 0 fully saturated rings. The lowest BCUT2D eigenvalue weighted by Crippen LogP contribution is -2.11. The summed E-state index contributed by atoms with van der Waals surface area (Å²) in [5, 5.41) is 0. The normalized spacial score (nSPS) is 12.9. The topological polar surface area (TPSA) is 0 Å². The second kappa shape index (κ2) is 5.73. The largest absolute Gasteiger partial charge is 0.126 e. The van der Waals surface area contributed by atoms with Gasteiger partial charge >= 0.3 is 0 Å². The fraction of sp³-hybridized carbons (Fsp3) is 0.500. The molecule has 1 aromatic carbocycles. The number of allylic oxidation sites excluding steroid dienone is 2. The van der Waals surface area contributed by atoms with Gasteiger partial charge in [-0.15, -0.1) is 11.6 Å². The molecule has 0 heterocycles. The van der Waals surface area contributed by atoms with Crippen LogP contribution in [-0.2, 0) is 5.41 Å². The van der Waals surface area contributed by atoms with Crippen LogP contribution in [0.4, 0.5) is 0 Å². The average Bonchev–Trinajstić information content (AvgIpc) is 2.24. The highest BCUT2D eigenvalue weighted by Gasteiger charge is 2.14. The Balaban J connectivity index is 3.15. The standard InChI is InChI=1S/C16H23Cl/c1-12(7-6-10-17)15-11-14(16(3,4)5)9-8-13(15)2/h7-9,11H,6,10H2,1-5H3/b12-7+. The monoisotopic (exact) mass is 250 g/mol. The first kappa shape index (κ1) is 14.3. The average molecular weight is 251 g/mol. The SMILES string of the molecule is C/C(=C\CCCl)c1cc(C(C)(C)C)ccc1C. The fourth-order valence-electron chi connectivity index (χ4n) is 1.89. The van der Waals surface area contributed by atoms with Crippen molar-refractivity contribution in [3.05, 3.63) is 41.0 Å². The lowest BCUT2D eigenvalue weighted by molar-refractivity contribution is 0.590. The first-order valence-corrected chi connectivity index (χ1v) is 6.74. The van der Waals surface area contributed by atoms with E-state index in [0.717, 1.165) is 6.42 Å². The Morgan fingerprint density at radius 1 is 1.29 bits per heavy atom. The van der Waals surface area contributed by atoms with Crippen LogP contribution in [-0.4, -0.2) is 5.88 Å². The van der Waals surface area contributed by atoms with Gasteiger partial charge < -0.3 is 0 Å². The van der Waals surface area contributed by atoms with Crippen molar-refractivity contribution < 1.29 is 0 Å². The zero-order valence-corrected chi connectivity index (χ0v) is 12.4. The van der Waals surface area contributed by atoms with E-state index in [1.165, 1.54) is 22.3 Å². The molecule has 0 spiro atoms. The molecule has 1 heteroatoms. The molecule has 1 aromatic rings. The molecule has 0 unspecified atom stereocenters. The molecule has 0 aliphatic carbocycles. The summed E-state index contributed by atoms with van der Waals surface area (Å²) in [6, 6.07) is 6.76. The van der Waals surface area contributed by atoms with Gasteiger partial charge in [-0.25, -0.2) is 0 Å². The van der Waals surface area contributed by atoms with E-state index < -0.39 is 0 Å². The van der Waals surface area contributed by atoms with E-state index in [9.17, 15) is 0 Å². The highest BCUT2D eigenvalue weighted by Crippen LogP contribution is 2.27. The van der Waals surface area contributed by atoms with Gasteiger partial charge in [0.2, 0.25) is 0 Å². The number of halogens is 1. The summed E-state index contributed by atoms with van der Waals surface area (Å²) in [5.41, 5.74) is 5.60. The smallest absolute Gasteiger partial charge is 0.0258 e. The molecule has 94 valence electrons. The first-order valence-electron chi connectivity index (χ1n) is 6.20. The number of hydrogen-bond acceptors (Lipinski definition) is 0. The van der Waals surface area contributed by atoms with Gasteiger partial charge in [-0.05, 0) is 47.9 Å². The van der Waals surface area contributed by atoms with E-state index >= 15 is 0 Å². The van der Waals surface area contributed by atoms with Gasteiger partial charge in [-0.2, -0.15) is 0 Å². The minimum Gasteiger partial charge on any atom is -0.126 e. The number of alkyl halides is 1. The summed E-state index contributed by atoms with van der Waals surface area (Å²) >= 11 is 5.73. The van der Waals surface area contributed by atoms with E-state index in [1.54, 1.807) is 0 Å². The molecule has 1 rings (SSSR count). The van der Waals surface area contributed by atoms with Crippen LogP contribution in [0.15, 0.2) is 24.3 Å². The Morgan fingerprint density at radius 3 is 2.47 bits per heavy atom. The van der Waals surface area contributed by atoms with Crippen molar-refractivity contribution >= 4 is 17.2 Å². The molecule has 0 saturated carbocycles. The Labute approximate surface area is 111 Å². The Morgan fingerprint density at radius 2 is 1.94 bits per heavy atom. The minimum atomic E-state index is 0.204. The van der Waals surface area contributed by atoms with Crippen LogP contribution in [0.25, 0.3) is 5.57 Å².